The maximum Gasteiger partial charge on any atom is 0.253 e. The highest BCUT2D eigenvalue weighted by Crippen LogP contribution is 2.09. The Hall–Kier alpha value is -2.84. The van der Waals surface area contributed by atoms with Gasteiger partial charge in [-0.3, -0.25) is 9.78 Å². The molecule has 0 radical (unpaired) electrons. The molecule has 0 atom stereocenters. The molecule has 3 N–H and O–H groups in total. The summed E-state index contributed by atoms with van der Waals surface area (Å²) in [5.74, 6) is 5.01. The van der Waals surface area contributed by atoms with Crippen molar-refractivity contribution in [3.8, 4) is 17.6 Å². The Morgan fingerprint density at radius 2 is 2.00 bits per heavy atom. The monoisotopic (exact) mass is 282 g/mol. The van der Waals surface area contributed by atoms with Gasteiger partial charge in [-0.25, -0.2) is 0 Å². The number of carbonyl (C=O) groups is 1. The van der Waals surface area contributed by atoms with Crippen LogP contribution in [0.15, 0.2) is 42.7 Å². The van der Waals surface area contributed by atoms with Crippen LogP contribution in [0.25, 0.3) is 0 Å². The van der Waals surface area contributed by atoms with Gasteiger partial charge in [-0.2, -0.15) is 0 Å². The van der Waals surface area contributed by atoms with Gasteiger partial charge in [0.1, 0.15) is 12.4 Å². The molecular formula is C16H14N2O3. The van der Waals surface area contributed by atoms with E-state index in [9.17, 15) is 9.90 Å². The van der Waals surface area contributed by atoms with Crippen LogP contribution in [0.4, 0.5) is 0 Å². The lowest BCUT2D eigenvalue weighted by Crippen LogP contribution is -2.22. The van der Waals surface area contributed by atoms with Crippen molar-refractivity contribution in [2.24, 2.45) is 0 Å². The topological polar surface area (TPSA) is 82.5 Å². The molecule has 21 heavy (non-hydrogen) atoms. The molecule has 2 rings (SSSR count). The molecule has 0 spiro atoms. The Morgan fingerprint density at radius 3 is 2.67 bits per heavy atom. The average molecular weight is 282 g/mol. The number of benzene rings is 1. The van der Waals surface area contributed by atoms with Gasteiger partial charge >= 0.3 is 0 Å². The summed E-state index contributed by atoms with van der Waals surface area (Å²) in [5.41, 5.74) is 2.03. The minimum Gasteiger partial charge on any atom is -0.506 e. The first-order valence-corrected chi connectivity index (χ1v) is 6.30. The van der Waals surface area contributed by atoms with Crippen LogP contribution in [0.2, 0.25) is 0 Å². The summed E-state index contributed by atoms with van der Waals surface area (Å²) >= 11 is 0. The van der Waals surface area contributed by atoms with Crippen molar-refractivity contribution >= 4 is 5.91 Å². The first kappa shape index (κ1) is 14.6. The molecule has 0 aliphatic carbocycles. The van der Waals surface area contributed by atoms with E-state index in [0.717, 1.165) is 11.1 Å². The molecule has 0 aliphatic heterocycles. The van der Waals surface area contributed by atoms with Gasteiger partial charge in [-0.05, 0) is 23.8 Å². The minimum atomic E-state index is -0.303. The summed E-state index contributed by atoms with van der Waals surface area (Å²) in [5, 5.41) is 20.6. The fourth-order valence-electron chi connectivity index (χ4n) is 1.68. The van der Waals surface area contributed by atoms with Gasteiger partial charge in [0.2, 0.25) is 0 Å². The molecule has 106 valence electrons. The van der Waals surface area contributed by atoms with Crippen molar-refractivity contribution < 1.29 is 15.0 Å². The van der Waals surface area contributed by atoms with Gasteiger partial charge in [-0.15, -0.1) is 0 Å². The zero-order chi connectivity index (χ0) is 15.1. The second-order valence-corrected chi connectivity index (χ2v) is 4.27. The fourth-order valence-corrected chi connectivity index (χ4v) is 1.68. The molecule has 0 aliphatic rings. The van der Waals surface area contributed by atoms with E-state index < -0.39 is 0 Å². The predicted octanol–water partition coefficient (Wildman–Crippen LogP) is 1.06. The van der Waals surface area contributed by atoms with E-state index in [0.29, 0.717) is 12.1 Å². The molecule has 2 aromatic rings. The van der Waals surface area contributed by atoms with Crippen LogP contribution in [0.1, 0.15) is 21.5 Å². The van der Waals surface area contributed by atoms with Gasteiger partial charge in [0.15, 0.2) is 0 Å². The van der Waals surface area contributed by atoms with Gasteiger partial charge in [0.25, 0.3) is 5.91 Å². The molecule has 1 aromatic carbocycles. The number of hydrogen-bond donors (Lipinski definition) is 3. The number of carbonyl (C=O) groups excluding carboxylic acids is 1. The van der Waals surface area contributed by atoms with E-state index in [-0.39, 0.29) is 18.3 Å². The lowest BCUT2D eigenvalue weighted by atomic mass is 10.1. The number of aliphatic hydroxyl groups is 1. The summed E-state index contributed by atoms with van der Waals surface area (Å²) in [7, 11) is 0. The largest absolute Gasteiger partial charge is 0.506 e. The van der Waals surface area contributed by atoms with Crippen LogP contribution < -0.4 is 5.32 Å². The third-order valence-corrected chi connectivity index (χ3v) is 2.70. The highest BCUT2D eigenvalue weighted by molar-refractivity contribution is 5.94. The molecule has 5 nitrogen and oxygen atoms in total. The second-order valence-electron chi connectivity index (χ2n) is 4.27. The Morgan fingerprint density at radius 1 is 1.24 bits per heavy atom. The number of nitrogens with one attached hydrogen (secondary N) is 1. The Labute approximate surface area is 122 Å². The highest BCUT2D eigenvalue weighted by Gasteiger charge is 2.06. The third kappa shape index (κ3) is 4.34. The predicted molar refractivity (Wildman–Crippen MR) is 77.5 cm³/mol. The molecule has 1 heterocycles. The smallest absolute Gasteiger partial charge is 0.253 e. The molecule has 1 aromatic heterocycles. The zero-order valence-electron chi connectivity index (χ0n) is 11.2. The van der Waals surface area contributed by atoms with E-state index in [2.05, 4.69) is 22.1 Å². The number of rotatable bonds is 3. The molecule has 0 bridgehead atoms. The third-order valence-electron chi connectivity index (χ3n) is 2.70. The van der Waals surface area contributed by atoms with E-state index in [4.69, 9.17) is 5.11 Å². The Bertz CT molecular complexity index is 685. The second kappa shape index (κ2) is 7.08. The number of aliphatic hydroxyl groups excluding tert-OH is 1. The number of nitrogens with zero attached hydrogens (tertiary/aromatic N) is 1. The maximum absolute atomic E-state index is 11.9. The van der Waals surface area contributed by atoms with Crippen molar-refractivity contribution in [2.75, 3.05) is 6.61 Å². The lowest BCUT2D eigenvalue weighted by Gasteiger charge is -2.05. The maximum atomic E-state index is 11.9. The van der Waals surface area contributed by atoms with Crippen LogP contribution in [-0.2, 0) is 6.54 Å². The number of aromatic hydroxyl groups is 1. The summed E-state index contributed by atoms with van der Waals surface area (Å²) < 4.78 is 0. The van der Waals surface area contributed by atoms with E-state index in [1.807, 2.05) is 24.3 Å². The molecule has 1 amide bonds. The summed E-state index contributed by atoms with van der Waals surface area (Å²) in [6.45, 7) is 0.192. The first-order chi connectivity index (χ1) is 10.2. The van der Waals surface area contributed by atoms with Crippen LogP contribution in [0, 0.1) is 11.8 Å². The molecule has 5 heteroatoms. The molecule has 0 fully saturated rings. The van der Waals surface area contributed by atoms with Gasteiger partial charge in [-0.1, -0.05) is 24.0 Å². The summed E-state index contributed by atoms with van der Waals surface area (Å²) in [6, 6.07) is 8.70. The van der Waals surface area contributed by atoms with E-state index in [1.54, 1.807) is 0 Å². The van der Waals surface area contributed by atoms with Crippen molar-refractivity contribution in [3.63, 3.8) is 0 Å². The molecule has 0 saturated heterocycles. The van der Waals surface area contributed by atoms with Gasteiger partial charge in [0.05, 0.1) is 11.8 Å². The van der Waals surface area contributed by atoms with Crippen molar-refractivity contribution in [3.05, 3.63) is 59.4 Å². The zero-order valence-corrected chi connectivity index (χ0v) is 11.2. The lowest BCUT2D eigenvalue weighted by molar-refractivity contribution is 0.0950. The highest BCUT2D eigenvalue weighted by atomic mass is 16.3. The SMILES string of the molecule is O=C(NCc1ccc(C#CCO)cc1)c1cncc(O)c1. The van der Waals surface area contributed by atoms with E-state index >= 15 is 0 Å². The fraction of sp³-hybridized carbons (Fsp3) is 0.125. The average Bonchev–Trinajstić information content (AvgIpc) is 2.51. The standard InChI is InChI=1S/C16H14N2O3/c19-7-1-2-12-3-5-13(6-4-12)9-18-16(21)14-8-15(20)11-17-10-14/h3-6,8,10-11,19-20H,7,9H2,(H,18,21). The van der Waals surface area contributed by atoms with Crippen LogP contribution in [0.3, 0.4) is 0 Å². The Kier molecular flexibility index (Phi) is 4.91. The Balaban J connectivity index is 1.95. The van der Waals surface area contributed by atoms with Gasteiger partial charge in [0, 0.05) is 18.3 Å². The quantitative estimate of drug-likeness (QED) is 0.735. The summed E-state index contributed by atoms with van der Waals surface area (Å²) in [4.78, 5) is 15.6. The van der Waals surface area contributed by atoms with Crippen molar-refractivity contribution in [2.45, 2.75) is 6.54 Å². The number of aromatic nitrogens is 1. The van der Waals surface area contributed by atoms with E-state index in [1.165, 1.54) is 18.5 Å². The normalized spacial score (nSPS) is 9.57. The summed E-state index contributed by atoms with van der Waals surface area (Å²) in [6.07, 6.45) is 2.66. The van der Waals surface area contributed by atoms with Crippen molar-refractivity contribution in [1.82, 2.24) is 10.3 Å². The molecule has 0 saturated carbocycles. The number of amides is 1. The van der Waals surface area contributed by atoms with Crippen LogP contribution >= 0.6 is 0 Å². The van der Waals surface area contributed by atoms with Crippen LogP contribution in [0.5, 0.6) is 5.75 Å². The molecule has 0 unspecified atom stereocenters. The van der Waals surface area contributed by atoms with Crippen LogP contribution in [-0.4, -0.2) is 27.7 Å². The number of pyridine rings is 1. The number of hydrogen-bond acceptors (Lipinski definition) is 4. The minimum absolute atomic E-state index is 0.0468. The van der Waals surface area contributed by atoms with Gasteiger partial charge < -0.3 is 15.5 Å². The molecular weight excluding hydrogens is 268 g/mol. The first-order valence-electron chi connectivity index (χ1n) is 6.30. The van der Waals surface area contributed by atoms with Crippen molar-refractivity contribution in [1.29, 1.82) is 0 Å².